The molecule has 1 aromatic carbocycles. The van der Waals surface area contributed by atoms with Crippen LogP contribution in [0.2, 0.25) is 0 Å². The highest BCUT2D eigenvalue weighted by Crippen LogP contribution is 2.30. The SMILES string of the molecule is COc1ccc(SCCC(=O)NC2CCCc3occc32)cc1. The molecule has 0 radical (unpaired) electrons. The Balaban J connectivity index is 1.45. The number of carbonyl (C=O) groups is 1. The molecule has 1 aliphatic rings. The molecule has 1 amide bonds. The first-order chi connectivity index (χ1) is 11.3. The van der Waals surface area contributed by atoms with Gasteiger partial charge in [0.1, 0.15) is 11.5 Å². The Kier molecular flexibility index (Phi) is 5.28. The van der Waals surface area contributed by atoms with Crippen molar-refractivity contribution in [1.82, 2.24) is 5.32 Å². The van der Waals surface area contributed by atoms with Gasteiger partial charge in [0.2, 0.25) is 5.91 Å². The number of furan rings is 1. The fourth-order valence-corrected chi connectivity index (χ4v) is 3.69. The van der Waals surface area contributed by atoms with Crippen molar-refractivity contribution in [3.05, 3.63) is 47.9 Å². The zero-order valence-corrected chi connectivity index (χ0v) is 14.0. The van der Waals surface area contributed by atoms with E-state index in [-0.39, 0.29) is 11.9 Å². The van der Waals surface area contributed by atoms with Crippen LogP contribution in [-0.2, 0) is 11.2 Å². The summed E-state index contributed by atoms with van der Waals surface area (Å²) >= 11 is 1.68. The molecule has 0 bridgehead atoms. The van der Waals surface area contributed by atoms with Crippen molar-refractivity contribution in [2.24, 2.45) is 0 Å². The van der Waals surface area contributed by atoms with Gasteiger partial charge in [0, 0.05) is 29.1 Å². The molecular weight excluding hydrogens is 310 g/mol. The van der Waals surface area contributed by atoms with Crippen LogP contribution in [-0.4, -0.2) is 18.8 Å². The minimum absolute atomic E-state index is 0.102. The van der Waals surface area contributed by atoms with Crippen LogP contribution in [0.5, 0.6) is 5.75 Å². The number of amides is 1. The Morgan fingerprint density at radius 3 is 2.96 bits per heavy atom. The van der Waals surface area contributed by atoms with E-state index in [1.807, 2.05) is 30.3 Å². The lowest BCUT2D eigenvalue weighted by molar-refractivity contribution is -0.121. The number of ether oxygens (including phenoxy) is 1. The van der Waals surface area contributed by atoms with Crippen molar-refractivity contribution in [2.45, 2.75) is 36.6 Å². The largest absolute Gasteiger partial charge is 0.497 e. The molecule has 2 aromatic rings. The summed E-state index contributed by atoms with van der Waals surface area (Å²) in [5.74, 6) is 2.74. The first kappa shape index (κ1) is 16.0. The highest BCUT2D eigenvalue weighted by atomic mass is 32.2. The maximum atomic E-state index is 12.2. The number of hydrogen-bond acceptors (Lipinski definition) is 4. The molecule has 0 aliphatic heterocycles. The molecule has 1 heterocycles. The molecular formula is C18H21NO3S. The molecule has 1 unspecified atom stereocenters. The van der Waals surface area contributed by atoms with E-state index < -0.39 is 0 Å². The third-order valence-corrected chi connectivity index (χ3v) is 5.06. The fraction of sp³-hybridized carbons (Fsp3) is 0.389. The molecule has 122 valence electrons. The van der Waals surface area contributed by atoms with E-state index in [4.69, 9.17) is 9.15 Å². The first-order valence-corrected chi connectivity index (χ1v) is 8.87. The number of benzene rings is 1. The molecule has 0 saturated heterocycles. The Labute approximate surface area is 140 Å². The number of nitrogens with one attached hydrogen (secondary N) is 1. The Morgan fingerprint density at radius 2 is 2.17 bits per heavy atom. The van der Waals surface area contributed by atoms with Crippen LogP contribution in [0.1, 0.15) is 36.6 Å². The number of hydrogen-bond donors (Lipinski definition) is 1. The van der Waals surface area contributed by atoms with Crippen molar-refractivity contribution in [3.63, 3.8) is 0 Å². The minimum atomic E-state index is 0.102. The second kappa shape index (κ2) is 7.59. The van der Waals surface area contributed by atoms with E-state index in [1.165, 1.54) is 0 Å². The summed E-state index contributed by atoms with van der Waals surface area (Å²) in [6, 6.07) is 9.98. The number of thioether (sulfide) groups is 1. The van der Waals surface area contributed by atoms with Gasteiger partial charge in [0.25, 0.3) is 0 Å². The van der Waals surface area contributed by atoms with Crippen molar-refractivity contribution < 1.29 is 13.9 Å². The number of methoxy groups -OCH3 is 1. The van der Waals surface area contributed by atoms with Crippen LogP contribution in [0.4, 0.5) is 0 Å². The maximum Gasteiger partial charge on any atom is 0.221 e. The predicted octanol–water partition coefficient (Wildman–Crippen LogP) is 3.96. The Bertz CT molecular complexity index is 651. The van der Waals surface area contributed by atoms with Gasteiger partial charge in [-0.2, -0.15) is 0 Å². The predicted molar refractivity (Wildman–Crippen MR) is 90.9 cm³/mol. The maximum absolute atomic E-state index is 12.2. The van der Waals surface area contributed by atoms with Gasteiger partial charge in [-0.1, -0.05) is 0 Å². The Hall–Kier alpha value is -1.88. The summed E-state index contributed by atoms with van der Waals surface area (Å²) in [6.07, 6.45) is 5.26. The fourth-order valence-electron chi connectivity index (χ4n) is 2.84. The molecule has 4 nitrogen and oxygen atoms in total. The van der Waals surface area contributed by atoms with Gasteiger partial charge in [0.15, 0.2) is 0 Å². The standard InChI is InChI=1S/C18H21NO3S/c1-21-13-5-7-14(8-6-13)23-12-10-18(20)19-16-3-2-4-17-15(16)9-11-22-17/h5-9,11,16H,2-4,10,12H2,1H3,(H,19,20). The van der Waals surface area contributed by atoms with Gasteiger partial charge in [0.05, 0.1) is 19.4 Å². The average Bonchev–Trinajstić information content (AvgIpc) is 3.05. The number of fused-ring (bicyclic) bond motifs is 1. The second-order valence-electron chi connectivity index (χ2n) is 5.59. The van der Waals surface area contributed by atoms with Crippen molar-refractivity contribution >= 4 is 17.7 Å². The lowest BCUT2D eigenvalue weighted by Gasteiger charge is -2.22. The van der Waals surface area contributed by atoms with Gasteiger partial charge in [-0.15, -0.1) is 11.8 Å². The second-order valence-corrected chi connectivity index (χ2v) is 6.75. The molecule has 23 heavy (non-hydrogen) atoms. The topological polar surface area (TPSA) is 51.5 Å². The number of rotatable bonds is 6. The van der Waals surface area contributed by atoms with Crippen molar-refractivity contribution in [3.8, 4) is 5.75 Å². The first-order valence-electron chi connectivity index (χ1n) is 7.89. The van der Waals surface area contributed by atoms with E-state index in [2.05, 4.69) is 5.32 Å². The molecule has 0 saturated carbocycles. The molecule has 0 spiro atoms. The van der Waals surface area contributed by atoms with Crippen LogP contribution in [0.25, 0.3) is 0 Å². The molecule has 1 aliphatic carbocycles. The van der Waals surface area contributed by atoms with Crippen LogP contribution in [0.3, 0.4) is 0 Å². The molecule has 1 aromatic heterocycles. The van der Waals surface area contributed by atoms with Gasteiger partial charge >= 0.3 is 0 Å². The summed E-state index contributed by atoms with van der Waals surface area (Å²) < 4.78 is 10.6. The minimum Gasteiger partial charge on any atom is -0.497 e. The smallest absolute Gasteiger partial charge is 0.221 e. The summed E-state index contributed by atoms with van der Waals surface area (Å²) in [7, 11) is 1.66. The summed E-state index contributed by atoms with van der Waals surface area (Å²) in [6.45, 7) is 0. The van der Waals surface area contributed by atoms with E-state index in [9.17, 15) is 4.79 Å². The number of carbonyl (C=O) groups excluding carboxylic acids is 1. The number of aryl methyl sites for hydroxylation is 1. The van der Waals surface area contributed by atoms with Crippen LogP contribution < -0.4 is 10.1 Å². The van der Waals surface area contributed by atoms with Crippen molar-refractivity contribution in [1.29, 1.82) is 0 Å². The van der Waals surface area contributed by atoms with E-state index >= 15 is 0 Å². The van der Waals surface area contributed by atoms with E-state index in [0.29, 0.717) is 6.42 Å². The normalized spacial score (nSPS) is 16.7. The quantitative estimate of drug-likeness (QED) is 0.814. The monoisotopic (exact) mass is 331 g/mol. The van der Waals surface area contributed by atoms with E-state index in [0.717, 1.165) is 47.0 Å². The van der Waals surface area contributed by atoms with E-state index in [1.54, 1.807) is 25.1 Å². The van der Waals surface area contributed by atoms with Crippen LogP contribution in [0, 0.1) is 0 Å². The molecule has 1 N–H and O–H groups in total. The summed E-state index contributed by atoms with van der Waals surface area (Å²) in [5, 5.41) is 3.13. The average molecular weight is 331 g/mol. The third kappa shape index (κ3) is 4.10. The van der Waals surface area contributed by atoms with Crippen LogP contribution in [0.15, 0.2) is 45.9 Å². The van der Waals surface area contributed by atoms with Crippen molar-refractivity contribution in [2.75, 3.05) is 12.9 Å². The zero-order valence-electron chi connectivity index (χ0n) is 13.2. The lowest BCUT2D eigenvalue weighted by atomic mass is 9.93. The summed E-state index contributed by atoms with van der Waals surface area (Å²) in [5.41, 5.74) is 1.15. The van der Waals surface area contributed by atoms with Gasteiger partial charge < -0.3 is 14.5 Å². The lowest BCUT2D eigenvalue weighted by Crippen LogP contribution is -2.30. The molecule has 1 atom stereocenters. The highest BCUT2D eigenvalue weighted by Gasteiger charge is 2.23. The highest BCUT2D eigenvalue weighted by molar-refractivity contribution is 7.99. The Morgan fingerprint density at radius 1 is 1.35 bits per heavy atom. The summed E-state index contributed by atoms with van der Waals surface area (Å²) in [4.78, 5) is 13.3. The van der Waals surface area contributed by atoms with Gasteiger partial charge in [-0.25, -0.2) is 0 Å². The van der Waals surface area contributed by atoms with Gasteiger partial charge in [-0.3, -0.25) is 4.79 Å². The molecule has 0 fully saturated rings. The molecule has 3 rings (SSSR count). The third-order valence-electron chi connectivity index (χ3n) is 4.04. The molecule has 5 heteroatoms. The van der Waals surface area contributed by atoms with Gasteiger partial charge in [-0.05, 0) is 43.2 Å². The van der Waals surface area contributed by atoms with Crippen LogP contribution >= 0.6 is 11.8 Å². The zero-order chi connectivity index (χ0) is 16.1.